The molecule has 1 aromatic rings. The van der Waals surface area contributed by atoms with Crippen molar-refractivity contribution in [1.82, 2.24) is 0 Å². The highest BCUT2D eigenvalue weighted by Gasteiger charge is 2.04. The molecule has 0 aliphatic carbocycles. The summed E-state index contributed by atoms with van der Waals surface area (Å²) in [6.07, 6.45) is 0. The van der Waals surface area contributed by atoms with Crippen molar-refractivity contribution in [2.75, 3.05) is 5.73 Å². The van der Waals surface area contributed by atoms with Gasteiger partial charge in [-0.25, -0.2) is 5.53 Å². The van der Waals surface area contributed by atoms with Crippen molar-refractivity contribution in [2.45, 2.75) is 6.61 Å². The number of anilines is 1. The first kappa shape index (κ1) is 9.18. The van der Waals surface area contributed by atoms with Gasteiger partial charge < -0.3 is 10.6 Å². The average molecular weight is 178 g/mol. The molecule has 0 saturated carbocycles. The number of benzene rings is 1. The van der Waals surface area contributed by atoms with Crippen LogP contribution in [0.4, 0.5) is 11.4 Å². The molecule has 0 aliphatic heterocycles. The van der Waals surface area contributed by atoms with E-state index in [9.17, 15) is 0 Å². The van der Waals surface area contributed by atoms with Crippen LogP contribution in [0.2, 0.25) is 0 Å². The minimum Gasteiger partial charge on any atom is -0.397 e. The van der Waals surface area contributed by atoms with Gasteiger partial charge in [0.1, 0.15) is 12.3 Å². The molecule has 0 unspecified atom stereocenters. The van der Waals surface area contributed by atoms with E-state index in [1.165, 1.54) is 0 Å². The molecular formula is C8H10N4O. The van der Waals surface area contributed by atoms with Crippen molar-refractivity contribution in [3.63, 3.8) is 0 Å². The van der Waals surface area contributed by atoms with Crippen LogP contribution in [0.1, 0.15) is 5.56 Å². The first-order chi connectivity index (χ1) is 6.29. The highest BCUT2D eigenvalue weighted by Crippen LogP contribution is 2.26. The monoisotopic (exact) mass is 178 g/mol. The van der Waals surface area contributed by atoms with Gasteiger partial charge in [-0.1, -0.05) is 12.1 Å². The van der Waals surface area contributed by atoms with Gasteiger partial charge in [-0.2, -0.15) is 5.11 Å². The van der Waals surface area contributed by atoms with E-state index < -0.39 is 0 Å². The predicted molar refractivity (Wildman–Crippen MR) is 50.0 cm³/mol. The molecule has 5 heteroatoms. The standard InChI is InChI=1S/C8H10N4O/c1-11-13-5-6-3-2-4-7(9)8(6)12-10/h2-4,10H,1,5,9H2. The van der Waals surface area contributed by atoms with Gasteiger partial charge in [0.2, 0.25) is 0 Å². The molecule has 0 fully saturated rings. The lowest BCUT2D eigenvalue weighted by Gasteiger charge is -2.04. The van der Waals surface area contributed by atoms with Gasteiger partial charge in [-0.05, 0) is 6.07 Å². The van der Waals surface area contributed by atoms with Crippen molar-refractivity contribution in [3.05, 3.63) is 23.8 Å². The summed E-state index contributed by atoms with van der Waals surface area (Å²) in [7, 11) is 0. The molecular weight excluding hydrogens is 168 g/mol. The molecule has 5 nitrogen and oxygen atoms in total. The van der Waals surface area contributed by atoms with Crippen LogP contribution in [-0.2, 0) is 11.4 Å². The zero-order chi connectivity index (χ0) is 9.68. The number of hydrogen-bond donors (Lipinski definition) is 2. The second-order valence-corrected chi connectivity index (χ2v) is 2.37. The Labute approximate surface area is 75.7 Å². The lowest BCUT2D eigenvalue weighted by Crippen LogP contribution is -1.92. The maximum absolute atomic E-state index is 6.90. The van der Waals surface area contributed by atoms with Crippen molar-refractivity contribution in [2.24, 2.45) is 10.3 Å². The molecule has 3 N–H and O–H groups in total. The van der Waals surface area contributed by atoms with Crippen LogP contribution in [0.3, 0.4) is 0 Å². The van der Waals surface area contributed by atoms with Gasteiger partial charge in [0.25, 0.3) is 0 Å². The van der Waals surface area contributed by atoms with E-state index in [1.807, 2.05) is 0 Å². The van der Waals surface area contributed by atoms with Crippen LogP contribution in [0.25, 0.3) is 0 Å². The smallest absolute Gasteiger partial charge is 0.144 e. The van der Waals surface area contributed by atoms with E-state index in [-0.39, 0.29) is 6.61 Å². The fourth-order valence-electron chi connectivity index (χ4n) is 0.979. The number of nitrogens with one attached hydrogen (secondary N) is 1. The zero-order valence-corrected chi connectivity index (χ0v) is 7.03. The fraction of sp³-hybridized carbons (Fsp3) is 0.125. The summed E-state index contributed by atoms with van der Waals surface area (Å²) in [6, 6.07) is 5.22. The minimum absolute atomic E-state index is 0.228. The maximum Gasteiger partial charge on any atom is 0.144 e. The molecule has 0 bridgehead atoms. The number of hydrogen-bond acceptors (Lipinski definition) is 5. The molecule has 0 radical (unpaired) electrons. The van der Waals surface area contributed by atoms with Crippen molar-refractivity contribution >= 4 is 18.1 Å². The van der Waals surface area contributed by atoms with E-state index in [4.69, 9.17) is 16.1 Å². The number of rotatable bonds is 4. The van der Waals surface area contributed by atoms with Gasteiger partial charge in [-0.15, -0.1) is 5.16 Å². The van der Waals surface area contributed by atoms with Gasteiger partial charge in [0, 0.05) is 12.3 Å². The summed E-state index contributed by atoms with van der Waals surface area (Å²) in [4.78, 5) is 4.73. The molecule has 13 heavy (non-hydrogen) atoms. The van der Waals surface area contributed by atoms with Gasteiger partial charge in [0.05, 0.1) is 5.69 Å². The van der Waals surface area contributed by atoms with Crippen molar-refractivity contribution in [3.8, 4) is 0 Å². The summed E-state index contributed by atoms with van der Waals surface area (Å²) in [6.45, 7) is 3.40. The highest BCUT2D eigenvalue weighted by molar-refractivity contribution is 5.65. The van der Waals surface area contributed by atoms with Crippen molar-refractivity contribution in [1.29, 1.82) is 5.53 Å². The molecule has 0 saturated heterocycles. The van der Waals surface area contributed by atoms with Crippen LogP contribution < -0.4 is 5.73 Å². The molecule has 68 valence electrons. The number of nitrogens with two attached hydrogens (primary N) is 1. The SMILES string of the molecule is C=NOCc1cccc(N)c1N=N. The van der Waals surface area contributed by atoms with Gasteiger partial charge in [-0.3, -0.25) is 0 Å². The minimum atomic E-state index is 0.228. The summed E-state index contributed by atoms with van der Waals surface area (Å²) >= 11 is 0. The quantitative estimate of drug-likeness (QED) is 0.320. The number of nitrogens with zero attached hydrogens (tertiary/aromatic N) is 2. The summed E-state index contributed by atoms with van der Waals surface area (Å²) < 4.78 is 0. The predicted octanol–water partition coefficient (Wildman–Crippen LogP) is 2.06. The highest BCUT2D eigenvalue weighted by atomic mass is 16.6. The number of oxime groups is 1. The normalized spacial score (nSPS) is 9.23. The van der Waals surface area contributed by atoms with Crippen LogP contribution in [0.15, 0.2) is 28.5 Å². The van der Waals surface area contributed by atoms with Crippen LogP contribution in [0, 0.1) is 5.53 Å². The van der Waals surface area contributed by atoms with E-state index in [0.717, 1.165) is 5.56 Å². The Hall–Kier alpha value is -1.91. The third kappa shape index (κ3) is 2.02. The maximum atomic E-state index is 6.90. The first-order valence-electron chi connectivity index (χ1n) is 3.62. The summed E-state index contributed by atoms with van der Waals surface area (Å²) in [5.41, 5.74) is 14.1. The molecule has 0 heterocycles. The molecule has 1 aromatic carbocycles. The number of nitrogen functional groups attached to an aromatic ring is 1. The largest absolute Gasteiger partial charge is 0.397 e. The molecule has 0 spiro atoms. The molecule has 0 amide bonds. The summed E-state index contributed by atoms with van der Waals surface area (Å²) in [5, 5.41) is 6.55. The number of para-hydroxylation sites is 1. The Balaban J connectivity index is 2.97. The van der Waals surface area contributed by atoms with Crippen molar-refractivity contribution < 1.29 is 4.84 Å². The third-order valence-corrected chi connectivity index (χ3v) is 1.57. The third-order valence-electron chi connectivity index (χ3n) is 1.57. The van der Waals surface area contributed by atoms with Gasteiger partial charge >= 0.3 is 0 Å². The first-order valence-corrected chi connectivity index (χ1v) is 3.62. The fourth-order valence-corrected chi connectivity index (χ4v) is 0.979. The van der Waals surface area contributed by atoms with E-state index in [1.54, 1.807) is 18.2 Å². The zero-order valence-electron chi connectivity index (χ0n) is 7.03. The molecule has 0 aromatic heterocycles. The molecule has 0 aliphatic rings. The van der Waals surface area contributed by atoms with E-state index in [2.05, 4.69) is 17.0 Å². The van der Waals surface area contributed by atoms with Crippen LogP contribution in [-0.4, -0.2) is 6.72 Å². The Bertz CT molecular complexity index is 324. The van der Waals surface area contributed by atoms with E-state index in [0.29, 0.717) is 11.4 Å². The van der Waals surface area contributed by atoms with Gasteiger partial charge in [0.15, 0.2) is 0 Å². The van der Waals surface area contributed by atoms with E-state index >= 15 is 0 Å². The second kappa shape index (κ2) is 4.20. The van der Waals surface area contributed by atoms with Crippen LogP contribution in [0.5, 0.6) is 0 Å². The Morgan fingerprint density at radius 3 is 2.92 bits per heavy atom. The lowest BCUT2D eigenvalue weighted by atomic mass is 10.1. The Morgan fingerprint density at radius 1 is 1.54 bits per heavy atom. The lowest BCUT2D eigenvalue weighted by molar-refractivity contribution is 0.133. The Kier molecular flexibility index (Phi) is 2.97. The second-order valence-electron chi connectivity index (χ2n) is 2.37. The Morgan fingerprint density at radius 2 is 2.31 bits per heavy atom. The molecule has 0 atom stereocenters. The van der Waals surface area contributed by atoms with Crippen LogP contribution >= 0.6 is 0 Å². The molecule has 1 rings (SSSR count). The topological polar surface area (TPSA) is 83.8 Å². The average Bonchev–Trinajstić information content (AvgIpc) is 2.15. The summed E-state index contributed by atoms with van der Waals surface area (Å²) in [5.74, 6) is 0.